The van der Waals surface area contributed by atoms with Crippen molar-refractivity contribution >= 4 is 44.2 Å². The molecule has 3 aromatic heterocycles. The zero-order chi connectivity index (χ0) is 30.5. The van der Waals surface area contributed by atoms with Gasteiger partial charge >= 0.3 is 5.69 Å². The SMILES string of the molecule is C=CC(=O)N1CCN(c2nc(=O)n(-c3c(S(C)(=O)=O)ccnc3Cl)c3nc(-c4c(O)cccc4F)c(F)cc23)[C@@H](C)C1. The Morgan fingerprint density at radius 3 is 2.57 bits per heavy atom. The Bertz CT molecular complexity index is 1930. The van der Waals surface area contributed by atoms with E-state index in [1.54, 1.807) is 16.7 Å². The minimum atomic E-state index is -4.00. The Morgan fingerprint density at radius 1 is 1.19 bits per heavy atom. The molecule has 1 aliphatic rings. The minimum Gasteiger partial charge on any atom is -0.507 e. The summed E-state index contributed by atoms with van der Waals surface area (Å²) in [5, 5.41) is 9.95. The lowest BCUT2D eigenvalue weighted by Crippen LogP contribution is -2.54. The summed E-state index contributed by atoms with van der Waals surface area (Å²) in [5.74, 6) is -2.93. The van der Waals surface area contributed by atoms with Crippen molar-refractivity contribution in [2.45, 2.75) is 17.9 Å². The number of aromatic hydroxyl groups is 1. The van der Waals surface area contributed by atoms with E-state index < -0.39 is 50.2 Å². The summed E-state index contributed by atoms with van der Waals surface area (Å²) in [6, 6.07) is 5.06. The summed E-state index contributed by atoms with van der Waals surface area (Å²) in [6.45, 7) is 5.95. The molecule has 1 aliphatic heterocycles. The molecule has 0 unspecified atom stereocenters. The van der Waals surface area contributed by atoms with Gasteiger partial charge in [0.05, 0.1) is 15.8 Å². The average Bonchev–Trinajstić information content (AvgIpc) is 2.92. The molecule has 0 bridgehead atoms. The van der Waals surface area contributed by atoms with E-state index in [2.05, 4.69) is 21.5 Å². The van der Waals surface area contributed by atoms with Gasteiger partial charge in [0.1, 0.15) is 28.8 Å². The standard InChI is InChI=1S/C27H23ClF2N6O5S/c1-4-20(38)34-10-11-35(14(2)13-34)25-15-12-17(30)22(21-16(29)6-5-7-18(21)37)32-26(15)36(27(39)33-25)23-19(42(3,40)41)8-9-31-24(23)28/h4-9,12,14,37H,1,10-11,13H2,2-3H3/t14-/m0/s1. The Hall–Kier alpha value is -4.43. The van der Waals surface area contributed by atoms with E-state index in [-0.39, 0.29) is 58.1 Å². The van der Waals surface area contributed by atoms with Crippen LogP contribution in [0.2, 0.25) is 5.15 Å². The predicted molar refractivity (Wildman–Crippen MR) is 152 cm³/mol. The molecule has 1 amide bonds. The number of aromatic nitrogens is 4. The predicted octanol–water partition coefficient (Wildman–Crippen LogP) is 3.11. The van der Waals surface area contributed by atoms with Gasteiger partial charge in [-0.15, -0.1) is 0 Å². The Morgan fingerprint density at radius 2 is 1.93 bits per heavy atom. The number of piperazine rings is 1. The molecule has 5 rings (SSSR count). The number of phenols is 1. The molecular formula is C27H23ClF2N6O5S. The van der Waals surface area contributed by atoms with E-state index in [0.29, 0.717) is 0 Å². The van der Waals surface area contributed by atoms with Crippen molar-refractivity contribution in [1.82, 2.24) is 24.4 Å². The number of hydrogen-bond donors (Lipinski definition) is 1. The molecule has 1 atom stereocenters. The van der Waals surface area contributed by atoms with Crippen LogP contribution in [0.15, 0.2) is 58.9 Å². The van der Waals surface area contributed by atoms with Crippen molar-refractivity contribution in [3.8, 4) is 22.7 Å². The molecule has 1 N–H and O–H groups in total. The third-order valence-corrected chi connectivity index (χ3v) is 8.29. The van der Waals surface area contributed by atoms with Crippen LogP contribution in [-0.4, -0.2) is 75.8 Å². The van der Waals surface area contributed by atoms with E-state index >= 15 is 4.39 Å². The van der Waals surface area contributed by atoms with Crippen LogP contribution in [0.25, 0.3) is 28.0 Å². The molecule has 4 aromatic rings. The largest absolute Gasteiger partial charge is 0.507 e. The van der Waals surface area contributed by atoms with Crippen LogP contribution in [-0.2, 0) is 14.6 Å². The first kappa shape index (κ1) is 29.1. The third-order valence-electron chi connectivity index (χ3n) is 6.88. The summed E-state index contributed by atoms with van der Waals surface area (Å²) in [6.07, 6.45) is 3.23. The number of pyridine rings is 2. The first-order chi connectivity index (χ1) is 19.8. The number of carbonyl (C=O) groups is 1. The number of fused-ring (bicyclic) bond motifs is 1. The van der Waals surface area contributed by atoms with Crippen molar-refractivity contribution in [1.29, 1.82) is 0 Å². The fourth-order valence-corrected chi connectivity index (χ4v) is 6.11. The van der Waals surface area contributed by atoms with Gasteiger partial charge in [0.2, 0.25) is 5.91 Å². The average molecular weight is 617 g/mol. The van der Waals surface area contributed by atoms with E-state index in [1.807, 2.05) is 0 Å². The Labute approximate surface area is 243 Å². The Kier molecular flexibility index (Phi) is 7.45. The number of rotatable bonds is 5. The van der Waals surface area contributed by atoms with Crippen LogP contribution in [0.3, 0.4) is 0 Å². The summed E-state index contributed by atoms with van der Waals surface area (Å²) in [7, 11) is -4.00. The first-order valence-corrected chi connectivity index (χ1v) is 14.7. The number of nitrogens with zero attached hydrogens (tertiary/aromatic N) is 6. The van der Waals surface area contributed by atoms with Crippen molar-refractivity contribution in [2.75, 3.05) is 30.8 Å². The molecule has 42 heavy (non-hydrogen) atoms. The molecule has 0 aliphatic carbocycles. The van der Waals surface area contributed by atoms with Crippen LogP contribution in [0.1, 0.15) is 6.92 Å². The van der Waals surface area contributed by atoms with Gasteiger partial charge in [-0.2, -0.15) is 4.98 Å². The second-order valence-electron chi connectivity index (χ2n) is 9.63. The van der Waals surface area contributed by atoms with Gasteiger partial charge in [-0.05, 0) is 37.3 Å². The molecule has 4 heterocycles. The molecule has 218 valence electrons. The minimum absolute atomic E-state index is 0.000996. The zero-order valence-electron chi connectivity index (χ0n) is 22.3. The number of hydrogen-bond acceptors (Lipinski definition) is 9. The Balaban J connectivity index is 1.86. The summed E-state index contributed by atoms with van der Waals surface area (Å²) in [5.41, 5.74) is -2.94. The van der Waals surface area contributed by atoms with E-state index in [4.69, 9.17) is 11.6 Å². The molecule has 1 fully saturated rings. The third kappa shape index (κ3) is 4.96. The maximum Gasteiger partial charge on any atom is 0.355 e. The lowest BCUT2D eigenvalue weighted by molar-refractivity contribution is -0.126. The second-order valence-corrected chi connectivity index (χ2v) is 12.0. The van der Waals surface area contributed by atoms with E-state index in [0.717, 1.165) is 41.3 Å². The highest BCUT2D eigenvalue weighted by Crippen LogP contribution is 2.37. The summed E-state index contributed by atoms with van der Waals surface area (Å²) >= 11 is 6.33. The quantitative estimate of drug-likeness (QED) is 0.265. The molecule has 15 heteroatoms. The van der Waals surface area contributed by atoms with E-state index in [1.165, 1.54) is 12.1 Å². The summed E-state index contributed by atoms with van der Waals surface area (Å²) in [4.78, 5) is 41.1. The number of anilines is 1. The van der Waals surface area contributed by atoms with Gasteiger partial charge in [0, 0.05) is 38.1 Å². The topological polar surface area (TPSA) is 139 Å². The molecule has 0 saturated carbocycles. The van der Waals surface area contributed by atoms with E-state index in [9.17, 15) is 27.5 Å². The van der Waals surface area contributed by atoms with Crippen LogP contribution < -0.4 is 10.6 Å². The van der Waals surface area contributed by atoms with Gasteiger partial charge < -0.3 is 14.9 Å². The normalized spacial score (nSPS) is 15.7. The van der Waals surface area contributed by atoms with Crippen LogP contribution in [0.4, 0.5) is 14.6 Å². The maximum atomic E-state index is 15.7. The number of carbonyl (C=O) groups excluding carboxylic acids is 1. The lowest BCUT2D eigenvalue weighted by atomic mass is 10.1. The van der Waals surface area contributed by atoms with Gasteiger partial charge in [-0.1, -0.05) is 24.2 Å². The monoisotopic (exact) mass is 616 g/mol. The van der Waals surface area contributed by atoms with Crippen LogP contribution in [0, 0.1) is 11.6 Å². The number of benzene rings is 1. The van der Waals surface area contributed by atoms with Gasteiger partial charge in [0.15, 0.2) is 26.5 Å². The molecule has 0 radical (unpaired) electrons. The fourth-order valence-electron chi connectivity index (χ4n) is 4.96. The van der Waals surface area contributed by atoms with Crippen molar-refractivity contribution in [3.05, 3.63) is 76.5 Å². The van der Waals surface area contributed by atoms with Crippen LogP contribution in [0.5, 0.6) is 5.75 Å². The first-order valence-electron chi connectivity index (χ1n) is 12.5. The number of sulfone groups is 1. The smallest absolute Gasteiger partial charge is 0.355 e. The lowest BCUT2D eigenvalue weighted by Gasteiger charge is -2.40. The number of phenolic OH excluding ortho intramolecular Hbond substituents is 1. The zero-order valence-corrected chi connectivity index (χ0v) is 23.8. The highest BCUT2D eigenvalue weighted by atomic mass is 35.5. The van der Waals surface area contributed by atoms with Crippen molar-refractivity contribution < 1.29 is 27.1 Å². The van der Waals surface area contributed by atoms with Gasteiger partial charge in [-0.3, -0.25) is 4.79 Å². The van der Waals surface area contributed by atoms with Crippen LogP contribution >= 0.6 is 11.6 Å². The molecule has 0 spiro atoms. The fraction of sp³-hybridized carbons (Fsp3) is 0.222. The maximum absolute atomic E-state index is 15.7. The molecule has 11 nitrogen and oxygen atoms in total. The summed E-state index contributed by atoms with van der Waals surface area (Å²) < 4.78 is 56.7. The number of halogens is 3. The van der Waals surface area contributed by atoms with Crippen molar-refractivity contribution in [3.63, 3.8) is 0 Å². The van der Waals surface area contributed by atoms with Crippen molar-refractivity contribution in [2.24, 2.45) is 0 Å². The van der Waals surface area contributed by atoms with Gasteiger partial charge in [0.25, 0.3) is 0 Å². The van der Waals surface area contributed by atoms with Gasteiger partial charge in [-0.25, -0.2) is 36.5 Å². The second kappa shape index (κ2) is 10.8. The highest BCUT2D eigenvalue weighted by molar-refractivity contribution is 7.90. The molecular weight excluding hydrogens is 594 g/mol. The highest BCUT2D eigenvalue weighted by Gasteiger charge is 2.31. The number of amides is 1. The molecule has 1 aromatic carbocycles. The molecule has 1 saturated heterocycles.